The van der Waals surface area contributed by atoms with Gasteiger partial charge in [0.1, 0.15) is 25.3 Å². The molecule has 17 rings (SSSR count). The Hall–Kier alpha value is -10.8. The lowest BCUT2D eigenvalue weighted by Crippen LogP contribution is -2.45. The number of piperidine rings is 2. The van der Waals surface area contributed by atoms with Gasteiger partial charge in [-0.1, -0.05) is 104 Å². The standard InChI is InChI=1S/C27H29F3N4O3S.C24H29F4N5O.C22H27F3N4O3S.C21H25F3N4O2.H2O/c1-27(29,30)21-8-6-20(7-9-21)23-15-37-13-12-34(23)26-24(28)25(32-17-33-26)31-14-18-4-10-22(11-5-18)38(35,36)16-19-2-3-19;1-16(34)32-12-9-17(10-13-32)14-29-22-21(25)23(31-15-30-22)33-11-3-2-4-20(33)18-5-7-19(8-6-18)24(26,27)28;1-21(24,25)16-4-2-15(3-5-16)17-12-32-9-8-29(17)20-18(23)19(27-14-28-20)26-13-22(30)6-10-33(31)11-7-22;1-20(11-30-12-20)10-25-18-17(22)19(27-13-26-18)28-7-8-29-9-16(28)14-3-5-15(6-4-14)21(2,23)24;/h4-11,17,19,23H,2-3,12-16H2,1H3,(H,31,32,33);5-8,15,17,20H,2-4,9-14H2,1H3,(H,29,30,31);2-5,14,17,30H,6-13H2,1H3,(H,26,27,28);3-6,13,16H,7-12H2,1-2H3,(H,25,26,27);1H2. The van der Waals surface area contributed by atoms with Gasteiger partial charge in [-0.3, -0.25) is 9.00 Å². The number of morpholine rings is 3. The number of carbonyl (C=O) groups excluding carboxylic acids is 1. The van der Waals surface area contributed by atoms with Crippen molar-refractivity contribution in [1.29, 1.82) is 0 Å². The summed E-state index contributed by atoms with van der Waals surface area (Å²) in [7, 11) is -4.22. The topological polar surface area (TPSA) is 324 Å². The summed E-state index contributed by atoms with van der Waals surface area (Å²) in [6.07, 6.45) is 7.54. The third-order valence-electron chi connectivity index (χ3n) is 25.4. The summed E-state index contributed by atoms with van der Waals surface area (Å²) in [5.41, 5.74) is 1.57. The number of aliphatic hydroxyl groups is 1. The molecular formula is C94H112F13N17O10S2. The highest BCUT2D eigenvalue weighted by Crippen LogP contribution is 2.43. The first-order valence-corrected chi connectivity index (χ1v) is 48.0. The minimum Gasteiger partial charge on any atom is -0.412 e. The number of benzene rings is 5. The molecule has 7 saturated heterocycles. The van der Waals surface area contributed by atoms with Gasteiger partial charge in [-0.15, -0.1) is 0 Å². The summed E-state index contributed by atoms with van der Waals surface area (Å²) < 4.78 is 241. The molecule has 1 aliphatic carbocycles. The molecule has 4 unspecified atom stereocenters. The normalized spacial score (nSPS) is 21.2. The molecule has 1 saturated carbocycles. The van der Waals surface area contributed by atoms with Crippen molar-refractivity contribution in [3.63, 3.8) is 0 Å². The van der Waals surface area contributed by atoms with E-state index < -0.39 is 91.1 Å². The quantitative estimate of drug-likeness (QED) is 0.0314. The van der Waals surface area contributed by atoms with E-state index in [1.54, 1.807) is 82.3 Å². The molecule has 4 aromatic heterocycles. The Labute approximate surface area is 782 Å². The average Bonchev–Trinajstić information content (AvgIpc) is 1.21. The number of ether oxygens (including phenoxy) is 4. The first kappa shape index (κ1) is 103. The molecule has 27 nitrogen and oxygen atoms in total. The van der Waals surface area contributed by atoms with Gasteiger partial charge in [0.2, 0.25) is 29.2 Å². The molecule has 7 aliphatic heterocycles. The molecule has 9 aromatic rings. The van der Waals surface area contributed by atoms with Gasteiger partial charge in [-0.2, -0.15) is 30.7 Å². The zero-order valence-electron chi connectivity index (χ0n) is 75.8. The summed E-state index contributed by atoms with van der Waals surface area (Å²) in [5.74, 6) is -8.85. The summed E-state index contributed by atoms with van der Waals surface area (Å²) in [4.78, 5) is 53.6. The fraction of sp³-hybridized carbons (Fsp3) is 0.500. The molecule has 1 amide bonds. The van der Waals surface area contributed by atoms with Crippen molar-refractivity contribution in [3.05, 3.63) is 220 Å². The minimum atomic E-state index is -4.40. The van der Waals surface area contributed by atoms with E-state index in [1.165, 1.54) is 73.8 Å². The van der Waals surface area contributed by atoms with Crippen molar-refractivity contribution in [2.75, 3.05) is 170 Å². The molecule has 11 heterocycles. The third kappa shape index (κ3) is 26.2. The number of hydrogen-bond acceptors (Lipinski definition) is 25. The predicted molar refractivity (Wildman–Crippen MR) is 488 cm³/mol. The van der Waals surface area contributed by atoms with Crippen molar-refractivity contribution in [3.8, 4) is 0 Å². The molecule has 5 aromatic carbocycles. The minimum absolute atomic E-state index is 0. The first-order chi connectivity index (χ1) is 64.3. The van der Waals surface area contributed by atoms with Crippen LogP contribution >= 0.6 is 0 Å². The number of sulfone groups is 1. The smallest absolute Gasteiger partial charge is 0.412 e. The molecular weight excluding hydrogens is 1840 g/mol. The lowest BCUT2D eigenvalue weighted by atomic mass is 9.89. The van der Waals surface area contributed by atoms with Crippen LogP contribution in [0.4, 0.5) is 104 Å². The van der Waals surface area contributed by atoms with Crippen LogP contribution in [-0.4, -0.2) is 209 Å². The van der Waals surface area contributed by atoms with Gasteiger partial charge in [0.05, 0.1) is 98.8 Å². The zero-order valence-corrected chi connectivity index (χ0v) is 77.4. The molecule has 4 atom stereocenters. The largest absolute Gasteiger partial charge is 0.416 e. The molecule has 136 heavy (non-hydrogen) atoms. The second-order valence-electron chi connectivity index (χ2n) is 35.8. The highest BCUT2D eigenvalue weighted by atomic mass is 32.2. The van der Waals surface area contributed by atoms with Crippen LogP contribution in [-0.2, 0) is 74.9 Å². The van der Waals surface area contributed by atoms with Gasteiger partial charge in [-0.05, 0) is 122 Å². The number of alkyl halides is 9. The summed E-state index contributed by atoms with van der Waals surface area (Å²) in [6, 6.07) is 28.2. The molecule has 736 valence electrons. The highest BCUT2D eigenvalue weighted by Gasteiger charge is 2.41. The molecule has 0 radical (unpaired) electrons. The maximum Gasteiger partial charge on any atom is 0.416 e. The van der Waals surface area contributed by atoms with Crippen molar-refractivity contribution < 1.29 is 104 Å². The molecule has 0 bridgehead atoms. The molecule has 8 aliphatic rings. The van der Waals surface area contributed by atoms with Crippen LogP contribution in [0.1, 0.15) is 167 Å². The maximum atomic E-state index is 15.6. The van der Waals surface area contributed by atoms with Crippen LogP contribution < -0.4 is 40.9 Å². The number of nitrogens with one attached hydrogen (secondary N) is 4. The number of rotatable bonds is 26. The highest BCUT2D eigenvalue weighted by molar-refractivity contribution is 7.91. The van der Waals surface area contributed by atoms with Crippen LogP contribution in [0.5, 0.6) is 0 Å². The summed E-state index contributed by atoms with van der Waals surface area (Å²) in [6.45, 7) is 13.9. The Morgan fingerprint density at radius 1 is 0.463 bits per heavy atom. The van der Waals surface area contributed by atoms with Gasteiger partial charge in [-0.25, -0.2) is 74.6 Å². The van der Waals surface area contributed by atoms with E-state index in [-0.39, 0.29) is 135 Å². The van der Waals surface area contributed by atoms with Crippen LogP contribution in [0, 0.1) is 40.5 Å². The Morgan fingerprint density at radius 2 is 0.838 bits per heavy atom. The molecule has 8 fully saturated rings. The fourth-order valence-electron chi connectivity index (χ4n) is 17.0. The number of nitrogens with zero attached hydrogens (tertiary/aromatic N) is 13. The van der Waals surface area contributed by atoms with E-state index in [2.05, 4.69) is 68.1 Å². The van der Waals surface area contributed by atoms with Gasteiger partial charge >= 0.3 is 6.18 Å². The van der Waals surface area contributed by atoms with Crippen LogP contribution in [0.2, 0.25) is 0 Å². The summed E-state index contributed by atoms with van der Waals surface area (Å²) >= 11 is 0. The second-order valence-corrected chi connectivity index (χ2v) is 39.5. The van der Waals surface area contributed by atoms with Crippen molar-refractivity contribution in [2.24, 2.45) is 17.3 Å². The lowest BCUT2D eigenvalue weighted by Gasteiger charge is -2.38. The van der Waals surface area contributed by atoms with E-state index in [1.807, 2.05) is 9.80 Å². The Bertz CT molecular complexity index is 5610. The fourth-order valence-corrected chi connectivity index (χ4v) is 20.2. The van der Waals surface area contributed by atoms with Gasteiger partial charge in [0.25, 0.3) is 17.8 Å². The number of likely N-dealkylation sites (tertiary alicyclic amines) is 1. The van der Waals surface area contributed by atoms with Gasteiger partial charge in [0, 0.05) is 138 Å². The number of aromatic nitrogens is 8. The lowest BCUT2D eigenvalue weighted by molar-refractivity contribution is -0.137. The first-order valence-electron chi connectivity index (χ1n) is 44.9. The summed E-state index contributed by atoms with van der Waals surface area (Å²) in [5, 5.41) is 22.7. The van der Waals surface area contributed by atoms with Crippen LogP contribution in [0.3, 0.4) is 0 Å². The Morgan fingerprint density at radius 3 is 1.21 bits per heavy atom. The molecule has 0 spiro atoms. The van der Waals surface area contributed by atoms with E-state index in [0.717, 1.165) is 82.6 Å². The Balaban J connectivity index is 0.000000154. The number of amides is 1. The molecule has 7 N–H and O–H groups in total. The van der Waals surface area contributed by atoms with E-state index >= 15 is 17.6 Å². The number of hydrogen-bond donors (Lipinski definition) is 5. The third-order valence-corrected chi connectivity index (χ3v) is 28.6. The van der Waals surface area contributed by atoms with Gasteiger partial charge < -0.3 is 75.3 Å². The van der Waals surface area contributed by atoms with Crippen molar-refractivity contribution in [1.82, 2.24) is 44.8 Å². The second kappa shape index (κ2) is 44.4. The predicted octanol–water partition coefficient (Wildman–Crippen LogP) is 16.1. The number of carbonyl (C=O) groups is 1. The maximum absolute atomic E-state index is 15.6. The molecule has 42 heteroatoms. The van der Waals surface area contributed by atoms with E-state index in [0.29, 0.717) is 145 Å². The number of halogens is 13. The SMILES string of the molecule is CC(=O)N1CCC(CNc2ncnc(N3CCCCC3c3ccc(C(F)(F)F)cc3)c2F)CC1.CC(F)(F)c1ccc(C2COCCN2c2ncnc(NCC3(O)CCS(=O)CC3)c2F)cc1.CC(F)(F)c1ccc(C2COCCN2c2ncnc(NCc3ccc(S(=O)(=O)CC4CC4)cc3)c2F)cc1.CC1(CNc2ncnc(N3CCOCC3c3ccc(C(C)(F)F)cc3)c2F)COC1.O. The number of anilines is 8. The van der Waals surface area contributed by atoms with Crippen LogP contribution in [0.25, 0.3) is 0 Å². The zero-order chi connectivity index (χ0) is 96.2. The van der Waals surface area contributed by atoms with Crippen molar-refractivity contribution >= 4 is 73.1 Å². The van der Waals surface area contributed by atoms with E-state index in [4.69, 9.17) is 18.9 Å². The average molecular weight is 1950 g/mol. The Kier molecular flexibility index (Phi) is 33.5. The van der Waals surface area contributed by atoms with Gasteiger partial charge in [0.15, 0.2) is 56.4 Å². The van der Waals surface area contributed by atoms with Crippen LogP contribution in [0.15, 0.2) is 152 Å². The van der Waals surface area contributed by atoms with E-state index in [9.17, 15) is 62.0 Å². The van der Waals surface area contributed by atoms with Crippen molar-refractivity contribution in [2.45, 2.75) is 158 Å². The monoisotopic (exact) mass is 1950 g/mol.